The highest BCUT2D eigenvalue weighted by atomic mass is 19.1. The van der Waals surface area contributed by atoms with Crippen LogP contribution >= 0.6 is 0 Å². The summed E-state index contributed by atoms with van der Waals surface area (Å²) in [6, 6.07) is 8.55. The summed E-state index contributed by atoms with van der Waals surface area (Å²) < 4.78 is 15.3. The highest BCUT2D eigenvalue weighted by Gasteiger charge is 2.19. The summed E-state index contributed by atoms with van der Waals surface area (Å²) in [5.74, 6) is 0.253. The number of nitriles is 1. The lowest BCUT2D eigenvalue weighted by molar-refractivity contribution is 0.626. The van der Waals surface area contributed by atoms with Crippen molar-refractivity contribution >= 4 is 11.5 Å². The number of hydrogen-bond donors (Lipinski definition) is 0. The molecule has 0 bridgehead atoms. The maximum atomic E-state index is 13.7. The summed E-state index contributed by atoms with van der Waals surface area (Å²) in [5.41, 5.74) is 1.51. The van der Waals surface area contributed by atoms with Crippen molar-refractivity contribution < 1.29 is 4.39 Å². The summed E-state index contributed by atoms with van der Waals surface area (Å²) in [6.45, 7) is 1.76. The SMILES string of the molecule is Cc1nn(C)c(N(C)c2ccccc2F)c1C#N. The van der Waals surface area contributed by atoms with Gasteiger partial charge in [0.25, 0.3) is 0 Å². The predicted octanol–water partition coefficient (Wildman–Crippen LogP) is 2.51. The van der Waals surface area contributed by atoms with Crippen molar-refractivity contribution in [2.24, 2.45) is 7.05 Å². The molecule has 0 fully saturated rings. The van der Waals surface area contributed by atoms with E-state index in [-0.39, 0.29) is 5.82 Å². The number of nitrogens with zero attached hydrogens (tertiary/aromatic N) is 4. The van der Waals surface area contributed by atoms with Crippen LogP contribution in [0.4, 0.5) is 15.9 Å². The number of anilines is 2. The number of aryl methyl sites for hydroxylation is 2. The molecule has 1 aromatic heterocycles. The quantitative estimate of drug-likeness (QED) is 0.815. The number of aromatic nitrogens is 2. The third-order valence-electron chi connectivity index (χ3n) is 2.84. The molecule has 0 aliphatic heterocycles. The molecule has 1 aromatic carbocycles. The molecule has 0 spiro atoms. The van der Waals surface area contributed by atoms with Crippen LogP contribution < -0.4 is 4.90 Å². The fourth-order valence-corrected chi connectivity index (χ4v) is 2.00. The Bertz CT molecular complexity index is 624. The Morgan fingerprint density at radius 2 is 2.06 bits per heavy atom. The lowest BCUT2D eigenvalue weighted by Gasteiger charge is -2.20. The Hall–Kier alpha value is -2.35. The average Bonchev–Trinajstić information content (AvgIpc) is 2.63. The molecule has 1 heterocycles. The maximum Gasteiger partial charge on any atom is 0.149 e. The van der Waals surface area contributed by atoms with Gasteiger partial charge in [0.1, 0.15) is 23.3 Å². The molecule has 0 amide bonds. The van der Waals surface area contributed by atoms with Crippen LogP contribution in [0.15, 0.2) is 24.3 Å². The van der Waals surface area contributed by atoms with E-state index >= 15 is 0 Å². The summed E-state index contributed by atoms with van der Waals surface area (Å²) in [6.07, 6.45) is 0. The van der Waals surface area contributed by atoms with Crippen molar-refractivity contribution in [3.63, 3.8) is 0 Å². The second-order valence-electron chi connectivity index (χ2n) is 4.03. The summed E-state index contributed by atoms with van der Waals surface area (Å²) >= 11 is 0. The monoisotopic (exact) mass is 244 g/mol. The van der Waals surface area contributed by atoms with Crippen molar-refractivity contribution in [3.8, 4) is 6.07 Å². The molecule has 0 radical (unpaired) electrons. The normalized spacial score (nSPS) is 10.2. The molecule has 5 heteroatoms. The molecule has 18 heavy (non-hydrogen) atoms. The van der Waals surface area contributed by atoms with E-state index in [1.54, 1.807) is 48.8 Å². The van der Waals surface area contributed by atoms with Gasteiger partial charge in [-0.3, -0.25) is 4.68 Å². The van der Waals surface area contributed by atoms with Crippen LogP contribution in [0, 0.1) is 24.1 Å². The number of rotatable bonds is 2. The molecule has 92 valence electrons. The Morgan fingerprint density at radius 3 is 2.67 bits per heavy atom. The molecule has 2 rings (SSSR count). The van der Waals surface area contributed by atoms with Crippen LogP contribution in [0.25, 0.3) is 0 Å². The van der Waals surface area contributed by atoms with E-state index in [0.29, 0.717) is 22.8 Å². The summed E-state index contributed by atoms with van der Waals surface area (Å²) in [7, 11) is 3.45. The van der Waals surface area contributed by atoms with E-state index in [0.717, 1.165) is 0 Å². The molecule has 0 N–H and O–H groups in total. The third kappa shape index (κ3) is 1.82. The van der Waals surface area contributed by atoms with Crippen LogP contribution in [-0.4, -0.2) is 16.8 Å². The lowest BCUT2D eigenvalue weighted by atomic mass is 10.2. The minimum atomic E-state index is -0.331. The van der Waals surface area contributed by atoms with Gasteiger partial charge >= 0.3 is 0 Å². The molecule has 0 saturated heterocycles. The fraction of sp³-hybridized carbons (Fsp3) is 0.231. The van der Waals surface area contributed by atoms with Gasteiger partial charge in [-0.1, -0.05) is 12.1 Å². The molecule has 0 unspecified atom stereocenters. The zero-order valence-corrected chi connectivity index (χ0v) is 10.5. The minimum Gasteiger partial charge on any atom is -0.326 e. The van der Waals surface area contributed by atoms with Crippen LogP contribution in [0.2, 0.25) is 0 Å². The van der Waals surface area contributed by atoms with Gasteiger partial charge in [0, 0.05) is 14.1 Å². The van der Waals surface area contributed by atoms with E-state index in [4.69, 9.17) is 5.26 Å². The fourth-order valence-electron chi connectivity index (χ4n) is 2.00. The molecule has 4 nitrogen and oxygen atoms in total. The first-order valence-electron chi connectivity index (χ1n) is 5.48. The highest BCUT2D eigenvalue weighted by molar-refractivity contribution is 5.67. The van der Waals surface area contributed by atoms with E-state index in [1.807, 2.05) is 0 Å². The van der Waals surface area contributed by atoms with Crippen molar-refractivity contribution in [1.29, 1.82) is 5.26 Å². The molecular weight excluding hydrogens is 231 g/mol. The number of halogens is 1. The van der Waals surface area contributed by atoms with Crippen LogP contribution in [0.3, 0.4) is 0 Å². The van der Waals surface area contributed by atoms with Gasteiger partial charge in [-0.2, -0.15) is 10.4 Å². The molecule has 2 aromatic rings. The summed E-state index contributed by atoms with van der Waals surface area (Å²) in [4.78, 5) is 1.63. The van der Waals surface area contributed by atoms with Gasteiger partial charge < -0.3 is 4.90 Å². The van der Waals surface area contributed by atoms with Gasteiger partial charge in [0.2, 0.25) is 0 Å². The lowest BCUT2D eigenvalue weighted by Crippen LogP contribution is -2.16. The van der Waals surface area contributed by atoms with Gasteiger partial charge in [-0.15, -0.1) is 0 Å². The van der Waals surface area contributed by atoms with Crippen LogP contribution in [0.5, 0.6) is 0 Å². The number of benzene rings is 1. The first kappa shape index (κ1) is 12.1. The Morgan fingerprint density at radius 1 is 1.39 bits per heavy atom. The topological polar surface area (TPSA) is 44.9 Å². The van der Waals surface area contributed by atoms with E-state index in [1.165, 1.54) is 6.07 Å². The average molecular weight is 244 g/mol. The van der Waals surface area contributed by atoms with Crippen LogP contribution in [-0.2, 0) is 7.05 Å². The predicted molar refractivity (Wildman–Crippen MR) is 67.1 cm³/mol. The van der Waals surface area contributed by atoms with Crippen molar-refractivity contribution in [3.05, 3.63) is 41.3 Å². The zero-order valence-electron chi connectivity index (χ0n) is 10.5. The smallest absolute Gasteiger partial charge is 0.149 e. The molecule has 0 saturated carbocycles. The second kappa shape index (κ2) is 4.49. The Balaban J connectivity index is 2.57. The van der Waals surface area contributed by atoms with Crippen molar-refractivity contribution in [2.45, 2.75) is 6.92 Å². The van der Waals surface area contributed by atoms with Gasteiger partial charge in [-0.05, 0) is 19.1 Å². The highest BCUT2D eigenvalue weighted by Crippen LogP contribution is 2.29. The van der Waals surface area contributed by atoms with E-state index < -0.39 is 0 Å². The van der Waals surface area contributed by atoms with E-state index in [9.17, 15) is 4.39 Å². The van der Waals surface area contributed by atoms with Crippen molar-refractivity contribution in [2.75, 3.05) is 11.9 Å². The first-order valence-corrected chi connectivity index (χ1v) is 5.48. The van der Waals surface area contributed by atoms with E-state index in [2.05, 4.69) is 11.2 Å². The first-order chi connectivity index (χ1) is 8.56. The summed E-state index contributed by atoms with van der Waals surface area (Å²) in [5, 5.41) is 13.3. The Kier molecular flexibility index (Phi) is 3.02. The standard InChI is InChI=1S/C13H13FN4/c1-9-10(8-15)13(18(3)16-9)17(2)12-7-5-4-6-11(12)14/h4-7H,1-3H3. The largest absolute Gasteiger partial charge is 0.326 e. The molecule has 0 atom stereocenters. The van der Waals surface area contributed by atoms with Crippen molar-refractivity contribution in [1.82, 2.24) is 9.78 Å². The van der Waals surface area contributed by atoms with Gasteiger partial charge in [-0.25, -0.2) is 4.39 Å². The second-order valence-corrected chi connectivity index (χ2v) is 4.03. The van der Waals surface area contributed by atoms with Gasteiger partial charge in [0.15, 0.2) is 0 Å². The van der Waals surface area contributed by atoms with Gasteiger partial charge in [0.05, 0.1) is 11.4 Å². The van der Waals surface area contributed by atoms with Crippen LogP contribution in [0.1, 0.15) is 11.3 Å². The number of para-hydroxylation sites is 1. The zero-order chi connectivity index (χ0) is 13.3. The minimum absolute atomic E-state index is 0.331. The molecule has 0 aliphatic carbocycles. The Labute approximate surface area is 105 Å². The maximum absolute atomic E-state index is 13.7. The molecular formula is C13H13FN4. The third-order valence-corrected chi connectivity index (χ3v) is 2.84. The number of hydrogen-bond acceptors (Lipinski definition) is 3. The molecule has 0 aliphatic rings.